The molecule has 0 spiro atoms. The molecular formula is C28H36N4O4S. The van der Waals surface area contributed by atoms with Crippen LogP contribution >= 0.6 is 12.2 Å². The summed E-state index contributed by atoms with van der Waals surface area (Å²) in [5, 5.41) is 3.35. The highest BCUT2D eigenvalue weighted by Gasteiger charge is 2.43. The van der Waals surface area contributed by atoms with Gasteiger partial charge in [-0.2, -0.15) is 0 Å². The monoisotopic (exact) mass is 524 g/mol. The van der Waals surface area contributed by atoms with E-state index in [0.29, 0.717) is 35.4 Å². The van der Waals surface area contributed by atoms with Crippen LogP contribution in [0.3, 0.4) is 0 Å². The number of nitrogens with one attached hydrogen (secondary N) is 1. The second-order valence-corrected chi connectivity index (χ2v) is 9.69. The molecule has 2 aliphatic rings. The molecule has 0 bridgehead atoms. The number of benzene rings is 2. The molecule has 37 heavy (non-hydrogen) atoms. The first-order valence-corrected chi connectivity index (χ1v) is 13.4. The van der Waals surface area contributed by atoms with Gasteiger partial charge in [-0.15, -0.1) is 0 Å². The second kappa shape index (κ2) is 12.9. The van der Waals surface area contributed by atoms with Gasteiger partial charge in [0.05, 0.1) is 25.8 Å². The van der Waals surface area contributed by atoms with Crippen molar-refractivity contribution < 1.29 is 19.1 Å². The molecule has 2 aliphatic heterocycles. The summed E-state index contributed by atoms with van der Waals surface area (Å²) >= 11 is 5.79. The number of hydrogen-bond acceptors (Lipinski definition) is 6. The molecule has 2 aromatic rings. The summed E-state index contributed by atoms with van der Waals surface area (Å²) in [6.45, 7) is 6.32. The van der Waals surface area contributed by atoms with E-state index in [1.807, 2.05) is 36.1 Å². The summed E-state index contributed by atoms with van der Waals surface area (Å²) < 4.78 is 10.7. The normalized spacial score (nSPS) is 18.3. The van der Waals surface area contributed by atoms with Gasteiger partial charge in [-0.1, -0.05) is 6.42 Å². The molecule has 0 saturated carbocycles. The number of rotatable bonds is 11. The maximum atomic E-state index is 13.6. The third-order valence-electron chi connectivity index (χ3n) is 6.80. The molecule has 0 aromatic heterocycles. The molecule has 2 saturated heterocycles. The van der Waals surface area contributed by atoms with Crippen LogP contribution in [-0.2, 0) is 9.59 Å². The minimum Gasteiger partial charge on any atom is -0.497 e. The zero-order chi connectivity index (χ0) is 26.2. The van der Waals surface area contributed by atoms with E-state index in [2.05, 4.69) is 10.2 Å². The number of nitrogens with zero attached hydrogens (tertiary/aromatic N) is 3. The Balaban J connectivity index is 1.46. The zero-order valence-electron chi connectivity index (χ0n) is 21.7. The third-order valence-corrected chi connectivity index (χ3v) is 7.22. The Morgan fingerprint density at radius 2 is 1.68 bits per heavy atom. The lowest BCUT2D eigenvalue weighted by molar-refractivity contribution is -0.124. The van der Waals surface area contributed by atoms with Crippen LogP contribution in [0.2, 0.25) is 0 Å². The van der Waals surface area contributed by atoms with Crippen molar-refractivity contribution in [3.63, 3.8) is 0 Å². The molecule has 2 fully saturated rings. The van der Waals surface area contributed by atoms with Crippen LogP contribution in [0.1, 0.15) is 39.0 Å². The summed E-state index contributed by atoms with van der Waals surface area (Å²) in [6.07, 6.45) is 4.66. The lowest BCUT2D eigenvalue weighted by Crippen LogP contribution is -2.40. The highest BCUT2D eigenvalue weighted by molar-refractivity contribution is 7.80. The number of methoxy groups -OCH3 is 1. The summed E-state index contributed by atoms with van der Waals surface area (Å²) in [7, 11) is 1.60. The molecule has 1 atom stereocenters. The van der Waals surface area contributed by atoms with E-state index >= 15 is 0 Å². The Hall–Kier alpha value is -3.17. The first-order chi connectivity index (χ1) is 18.0. The van der Waals surface area contributed by atoms with Crippen molar-refractivity contribution in [3.8, 4) is 11.5 Å². The van der Waals surface area contributed by atoms with Gasteiger partial charge in [0.2, 0.25) is 5.91 Å². The zero-order valence-corrected chi connectivity index (χ0v) is 22.5. The summed E-state index contributed by atoms with van der Waals surface area (Å²) in [5.74, 6) is 1.02. The van der Waals surface area contributed by atoms with Crippen molar-refractivity contribution >= 4 is 40.5 Å². The fraction of sp³-hybridized carbons (Fsp3) is 0.464. The number of carbonyl (C=O) groups is 2. The number of carbonyl (C=O) groups excluding carboxylic acids is 2. The number of hydrogen-bond donors (Lipinski definition) is 1. The van der Waals surface area contributed by atoms with Crippen molar-refractivity contribution in [1.29, 1.82) is 0 Å². The Labute approximate surface area is 224 Å². The molecule has 2 amide bonds. The predicted molar refractivity (Wildman–Crippen MR) is 149 cm³/mol. The summed E-state index contributed by atoms with van der Waals surface area (Å²) in [6, 6.07) is 13.8. The number of amides is 2. The second-order valence-electron chi connectivity index (χ2n) is 9.33. The van der Waals surface area contributed by atoms with E-state index in [4.69, 9.17) is 21.7 Å². The number of anilines is 2. The number of ether oxygens (including phenoxy) is 2. The van der Waals surface area contributed by atoms with E-state index in [1.54, 1.807) is 36.3 Å². The van der Waals surface area contributed by atoms with Gasteiger partial charge in [0.1, 0.15) is 17.5 Å². The Bertz CT molecular complexity index is 1070. The van der Waals surface area contributed by atoms with Gasteiger partial charge in [-0.25, -0.2) is 0 Å². The summed E-state index contributed by atoms with van der Waals surface area (Å²) in [5.41, 5.74) is 1.33. The molecule has 2 heterocycles. The van der Waals surface area contributed by atoms with Crippen LogP contribution in [0, 0.1) is 0 Å². The van der Waals surface area contributed by atoms with E-state index in [9.17, 15) is 9.59 Å². The molecule has 2 aromatic carbocycles. The minimum absolute atomic E-state index is 0.0164. The SMILES string of the molecule is CCOc1ccc(NC(=O)CC2C(=O)N(c3ccc(OC)cc3)C(=S)N2CCCN2CCCCC2)cc1. The standard InChI is InChI=1S/C28H36N4O4S/c1-3-36-24-12-8-21(9-13-24)29-26(33)20-25-27(34)32(22-10-14-23(35-2)15-11-22)28(37)31(25)19-7-18-30-16-5-4-6-17-30/h8-15,25H,3-7,16-20H2,1-2H3,(H,29,33). The van der Waals surface area contributed by atoms with E-state index < -0.39 is 6.04 Å². The lowest BCUT2D eigenvalue weighted by Gasteiger charge is -2.28. The van der Waals surface area contributed by atoms with Gasteiger partial charge in [0, 0.05) is 12.2 Å². The maximum absolute atomic E-state index is 13.6. The largest absolute Gasteiger partial charge is 0.497 e. The van der Waals surface area contributed by atoms with E-state index in [-0.39, 0.29) is 18.2 Å². The maximum Gasteiger partial charge on any atom is 0.256 e. The van der Waals surface area contributed by atoms with Gasteiger partial charge in [-0.3, -0.25) is 14.5 Å². The van der Waals surface area contributed by atoms with E-state index in [0.717, 1.165) is 31.8 Å². The van der Waals surface area contributed by atoms with Crippen LogP contribution in [0.25, 0.3) is 0 Å². The third kappa shape index (κ3) is 6.78. The van der Waals surface area contributed by atoms with Crippen LogP contribution < -0.4 is 19.7 Å². The van der Waals surface area contributed by atoms with Gasteiger partial charge >= 0.3 is 0 Å². The number of thiocarbonyl (C=S) groups is 1. The Morgan fingerprint density at radius 1 is 1.00 bits per heavy atom. The smallest absolute Gasteiger partial charge is 0.256 e. The highest BCUT2D eigenvalue weighted by atomic mass is 32.1. The molecular weight excluding hydrogens is 488 g/mol. The fourth-order valence-corrected chi connectivity index (χ4v) is 5.31. The molecule has 1 unspecified atom stereocenters. The average molecular weight is 525 g/mol. The topological polar surface area (TPSA) is 74.3 Å². The van der Waals surface area contributed by atoms with Crippen molar-refractivity contribution in [2.75, 3.05) is 50.1 Å². The highest BCUT2D eigenvalue weighted by Crippen LogP contribution is 2.29. The van der Waals surface area contributed by atoms with Crippen molar-refractivity contribution in [2.24, 2.45) is 0 Å². The van der Waals surface area contributed by atoms with Crippen LogP contribution in [-0.4, -0.2) is 72.7 Å². The van der Waals surface area contributed by atoms with E-state index in [1.165, 1.54) is 19.3 Å². The quantitative estimate of drug-likeness (QED) is 0.440. The predicted octanol–water partition coefficient (Wildman–Crippen LogP) is 4.30. The molecule has 1 N–H and O–H groups in total. The number of piperidine rings is 1. The summed E-state index contributed by atoms with van der Waals surface area (Å²) in [4.78, 5) is 32.6. The van der Waals surface area contributed by atoms with Gasteiger partial charge < -0.3 is 24.6 Å². The van der Waals surface area contributed by atoms with Gasteiger partial charge in [0.15, 0.2) is 5.11 Å². The van der Waals surface area contributed by atoms with Crippen molar-refractivity contribution in [3.05, 3.63) is 48.5 Å². The Morgan fingerprint density at radius 3 is 2.32 bits per heavy atom. The van der Waals surface area contributed by atoms with Crippen molar-refractivity contribution in [2.45, 2.75) is 45.1 Å². The molecule has 8 nitrogen and oxygen atoms in total. The van der Waals surface area contributed by atoms with Gasteiger partial charge in [0.25, 0.3) is 5.91 Å². The first-order valence-electron chi connectivity index (χ1n) is 13.0. The van der Waals surface area contributed by atoms with Crippen molar-refractivity contribution in [1.82, 2.24) is 9.80 Å². The molecule has 198 valence electrons. The fourth-order valence-electron chi connectivity index (χ4n) is 4.89. The minimum atomic E-state index is -0.654. The Kier molecular flexibility index (Phi) is 9.35. The molecule has 0 radical (unpaired) electrons. The molecule has 9 heteroatoms. The number of likely N-dealkylation sites (tertiary alicyclic amines) is 1. The average Bonchev–Trinajstić information content (AvgIpc) is 3.14. The molecule has 4 rings (SSSR count). The van der Waals surface area contributed by atoms with Crippen LogP contribution in [0.15, 0.2) is 48.5 Å². The van der Waals surface area contributed by atoms with Crippen LogP contribution in [0.5, 0.6) is 11.5 Å². The molecule has 0 aliphatic carbocycles. The lowest BCUT2D eigenvalue weighted by atomic mass is 10.1. The van der Waals surface area contributed by atoms with Crippen LogP contribution in [0.4, 0.5) is 11.4 Å². The first kappa shape index (κ1) is 26.9. The van der Waals surface area contributed by atoms with Gasteiger partial charge in [-0.05, 0) is 107 Å².